The van der Waals surface area contributed by atoms with Crippen LogP contribution >= 0.6 is 0 Å². The molecule has 2 aromatic carbocycles. The maximum atomic E-state index is 12.4. The molecular weight excluding hydrogens is 448 g/mol. The molecule has 1 fully saturated rings. The molecule has 2 aliphatic rings. The first-order valence-electron chi connectivity index (χ1n) is 11.7. The second-order valence-electron chi connectivity index (χ2n) is 8.96. The molecule has 1 heterocycles. The van der Waals surface area contributed by atoms with Gasteiger partial charge in [0.15, 0.2) is 5.82 Å². The van der Waals surface area contributed by atoms with Crippen LogP contribution in [0.5, 0.6) is 0 Å². The van der Waals surface area contributed by atoms with E-state index in [1.807, 2.05) is 36.4 Å². The number of ether oxygens (including phenoxy) is 1. The molecule has 2 atom stereocenters. The second-order valence-corrected chi connectivity index (χ2v) is 8.96. The molecule has 35 heavy (non-hydrogen) atoms. The van der Waals surface area contributed by atoms with E-state index >= 15 is 0 Å². The van der Waals surface area contributed by atoms with E-state index in [1.54, 1.807) is 0 Å². The average Bonchev–Trinajstić information content (AvgIpc) is 3.59. The van der Waals surface area contributed by atoms with Crippen LogP contribution in [0, 0.1) is 11.8 Å². The predicted molar refractivity (Wildman–Crippen MR) is 128 cm³/mol. The van der Waals surface area contributed by atoms with Crippen molar-refractivity contribution in [2.75, 3.05) is 18.5 Å². The minimum absolute atomic E-state index is 0.0566. The largest absolute Gasteiger partial charge is 0.481 e. The number of rotatable bonds is 7. The van der Waals surface area contributed by atoms with Gasteiger partial charge in [0.2, 0.25) is 0 Å². The SMILES string of the molecule is O=C(Nc1cc(C(=O)NC[C@H]2CCC[C@H]2C(=O)O)[nH]n1)OCC1c2ccccc2-c2ccccc21. The van der Waals surface area contributed by atoms with Crippen LogP contribution in [0.4, 0.5) is 10.6 Å². The number of nitrogens with zero attached hydrogens (tertiary/aromatic N) is 1. The number of amides is 2. The fourth-order valence-electron chi connectivity index (χ4n) is 5.17. The van der Waals surface area contributed by atoms with Gasteiger partial charge < -0.3 is 15.2 Å². The number of carbonyl (C=O) groups is 3. The summed E-state index contributed by atoms with van der Waals surface area (Å²) < 4.78 is 5.50. The predicted octanol–water partition coefficient (Wildman–Crippen LogP) is 4.00. The van der Waals surface area contributed by atoms with Crippen LogP contribution < -0.4 is 10.6 Å². The molecular formula is C26H26N4O5. The molecule has 5 rings (SSSR count). The van der Waals surface area contributed by atoms with E-state index in [2.05, 4.69) is 33.0 Å². The van der Waals surface area contributed by atoms with E-state index in [9.17, 15) is 19.5 Å². The van der Waals surface area contributed by atoms with Gasteiger partial charge >= 0.3 is 12.1 Å². The molecule has 180 valence electrons. The van der Waals surface area contributed by atoms with Crippen molar-refractivity contribution in [3.05, 3.63) is 71.4 Å². The van der Waals surface area contributed by atoms with Crippen LogP contribution in [0.2, 0.25) is 0 Å². The Bertz CT molecular complexity index is 1220. The molecule has 4 N–H and O–H groups in total. The lowest BCUT2D eigenvalue weighted by molar-refractivity contribution is -0.142. The molecule has 3 aromatic rings. The minimum atomic E-state index is -0.821. The molecule has 0 unspecified atom stereocenters. The summed E-state index contributed by atoms with van der Waals surface area (Å²) in [6, 6.07) is 17.6. The molecule has 2 amide bonds. The first-order valence-corrected chi connectivity index (χ1v) is 11.7. The maximum absolute atomic E-state index is 12.4. The Labute approximate surface area is 201 Å². The Kier molecular flexibility index (Phi) is 6.22. The van der Waals surface area contributed by atoms with Crippen LogP contribution in [-0.2, 0) is 9.53 Å². The number of carbonyl (C=O) groups excluding carboxylic acids is 2. The van der Waals surface area contributed by atoms with Crippen LogP contribution in [-0.4, -0.2) is 46.4 Å². The molecule has 0 saturated heterocycles. The zero-order valence-corrected chi connectivity index (χ0v) is 19.0. The number of H-pyrrole nitrogens is 1. The Hall–Kier alpha value is -4.14. The lowest BCUT2D eigenvalue weighted by Crippen LogP contribution is -2.33. The van der Waals surface area contributed by atoms with Gasteiger partial charge in [-0.3, -0.25) is 20.0 Å². The molecule has 9 nitrogen and oxygen atoms in total. The van der Waals surface area contributed by atoms with Gasteiger partial charge in [0.25, 0.3) is 5.91 Å². The van der Waals surface area contributed by atoms with Crippen molar-refractivity contribution in [2.45, 2.75) is 25.2 Å². The van der Waals surface area contributed by atoms with Crippen molar-refractivity contribution in [3.8, 4) is 11.1 Å². The lowest BCUT2D eigenvalue weighted by Gasteiger charge is -2.15. The first kappa shape index (κ1) is 22.6. The highest BCUT2D eigenvalue weighted by Gasteiger charge is 2.33. The van der Waals surface area contributed by atoms with E-state index in [-0.39, 0.29) is 36.5 Å². The van der Waals surface area contributed by atoms with Gasteiger partial charge in [0, 0.05) is 18.5 Å². The number of fused-ring (bicyclic) bond motifs is 3. The molecule has 2 aliphatic carbocycles. The highest BCUT2D eigenvalue weighted by atomic mass is 16.5. The van der Waals surface area contributed by atoms with Gasteiger partial charge in [-0.15, -0.1) is 0 Å². The topological polar surface area (TPSA) is 133 Å². The second kappa shape index (κ2) is 9.61. The number of nitrogens with one attached hydrogen (secondary N) is 3. The van der Waals surface area contributed by atoms with Crippen LogP contribution in [0.3, 0.4) is 0 Å². The van der Waals surface area contributed by atoms with Crippen molar-refractivity contribution in [1.29, 1.82) is 0 Å². The molecule has 0 spiro atoms. The number of aromatic amines is 1. The first-order chi connectivity index (χ1) is 17.0. The highest BCUT2D eigenvalue weighted by Crippen LogP contribution is 2.44. The molecule has 0 radical (unpaired) electrons. The van der Waals surface area contributed by atoms with Crippen molar-refractivity contribution >= 4 is 23.8 Å². The van der Waals surface area contributed by atoms with E-state index < -0.39 is 23.9 Å². The Morgan fingerprint density at radius 2 is 1.71 bits per heavy atom. The van der Waals surface area contributed by atoms with E-state index in [0.29, 0.717) is 6.42 Å². The summed E-state index contributed by atoms with van der Waals surface area (Å²) in [6.07, 6.45) is 1.58. The Morgan fingerprint density at radius 1 is 1.03 bits per heavy atom. The Balaban J connectivity index is 1.15. The highest BCUT2D eigenvalue weighted by molar-refractivity contribution is 5.94. The average molecular weight is 475 g/mol. The number of aliphatic carboxylic acids is 1. The van der Waals surface area contributed by atoms with Gasteiger partial charge in [0.1, 0.15) is 12.3 Å². The molecule has 9 heteroatoms. The normalized spacial score (nSPS) is 18.5. The van der Waals surface area contributed by atoms with Crippen molar-refractivity contribution in [3.63, 3.8) is 0 Å². The third-order valence-electron chi connectivity index (χ3n) is 6.90. The van der Waals surface area contributed by atoms with E-state index in [1.165, 1.54) is 6.07 Å². The van der Waals surface area contributed by atoms with Crippen molar-refractivity contribution < 1.29 is 24.2 Å². The quantitative estimate of drug-likeness (QED) is 0.409. The zero-order valence-electron chi connectivity index (χ0n) is 19.0. The number of carboxylic acid groups (broad SMARTS) is 1. The van der Waals surface area contributed by atoms with Crippen molar-refractivity contribution in [2.24, 2.45) is 11.8 Å². The van der Waals surface area contributed by atoms with Gasteiger partial charge in [-0.1, -0.05) is 55.0 Å². The molecule has 1 aromatic heterocycles. The standard InChI is InChI=1S/C26H26N4O5/c31-24(27-13-15-6-5-11-16(15)25(32)33)22-12-23(30-29-22)28-26(34)35-14-21-19-9-3-1-7-17(19)18-8-2-4-10-20(18)21/h1-4,7-10,12,15-16,21H,5-6,11,13-14H2,(H,27,31)(H,32,33)(H2,28,29,30,34)/t15-,16-/m1/s1. The number of hydrogen-bond donors (Lipinski definition) is 4. The Morgan fingerprint density at radius 3 is 2.40 bits per heavy atom. The van der Waals surface area contributed by atoms with Crippen LogP contribution in [0.25, 0.3) is 11.1 Å². The number of aromatic nitrogens is 2. The summed E-state index contributed by atoms with van der Waals surface area (Å²) in [5.41, 5.74) is 4.70. The van der Waals surface area contributed by atoms with Crippen molar-refractivity contribution in [1.82, 2.24) is 15.5 Å². The smallest absolute Gasteiger partial charge is 0.412 e. The monoisotopic (exact) mass is 474 g/mol. The number of hydrogen-bond acceptors (Lipinski definition) is 5. The maximum Gasteiger partial charge on any atom is 0.412 e. The number of benzene rings is 2. The van der Waals surface area contributed by atoms with E-state index in [0.717, 1.165) is 35.1 Å². The van der Waals surface area contributed by atoms with Gasteiger partial charge in [-0.25, -0.2) is 4.79 Å². The molecule has 0 aliphatic heterocycles. The number of carboxylic acids is 1. The van der Waals surface area contributed by atoms with Gasteiger partial charge in [-0.2, -0.15) is 5.10 Å². The summed E-state index contributed by atoms with van der Waals surface area (Å²) in [5.74, 6) is -1.64. The minimum Gasteiger partial charge on any atom is -0.481 e. The zero-order chi connectivity index (χ0) is 24.4. The summed E-state index contributed by atoms with van der Waals surface area (Å²) in [5, 5.41) is 21.1. The van der Waals surface area contributed by atoms with Crippen LogP contribution in [0.1, 0.15) is 46.8 Å². The lowest BCUT2D eigenvalue weighted by atomic mass is 9.96. The van der Waals surface area contributed by atoms with Gasteiger partial charge in [-0.05, 0) is 41.0 Å². The summed E-state index contributed by atoms with van der Waals surface area (Å²) in [4.78, 5) is 36.2. The third kappa shape index (κ3) is 4.62. The van der Waals surface area contributed by atoms with E-state index in [4.69, 9.17) is 4.74 Å². The fraction of sp³-hybridized carbons (Fsp3) is 0.308. The van der Waals surface area contributed by atoms with Crippen LogP contribution in [0.15, 0.2) is 54.6 Å². The summed E-state index contributed by atoms with van der Waals surface area (Å²) >= 11 is 0. The van der Waals surface area contributed by atoms with Gasteiger partial charge in [0.05, 0.1) is 5.92 Å². The fourth-order valence-corrected chi connectivity index (χ4v) is 5.17. The summed E-state index contributed by atoms with van der Waals surface area (Å²) in [6.45, 7) is 0.452. The third-order valence-corrected chi connectivity index (χ3v) is 6.90. The number of anilines is 1. The summed E-state index contributed by atoms with van der Waals surface area (Å²) in [7, 11) is 0. The molecule has 1 saturated carbocycles. The molecule has 0 bridgehead atoms.